The third-order valence-corrected chi connectivity index (χ3v) is 5.04. The molecule has 0 unspecified atom stereocenters. The second-order valence-corrected chi connectivity index (χ2v) is 6.20. The van der Waals surface area contributed by atoms with Crippen LogP contribution in [0.3, 0.4) is 0 Å². The van der Waals surface area contributed by atoms with Gasteiger partial charge in [0.1, 0.15) is 0 Å². The molecule has 1 aliphatic rings. The summed E-state index contributed by atoms with van der Waals surface area (Å²) in [6, 6.07) is 0.143. The van der Waals surface area contributed by atoms with Gasteiger partial charge in [0.05, 0.1) is 5.75 Å². The van der Waals surface area contributed by atoms with Crippen LogP contribution in [0.5, 0.6) is 0 Å². The molecule has 15 heavy (non-hydrogen) atoms. The zero-order valence-corrected chi connectivity index (χ0v) is 10.3. The normalized spacial score (nSPS) is 18.1. The van der Waals surface area contributed by atoms with Crippen LogP contribution < -0.4 is 0 Å². The van der Waals surface area contributed by atoms with Crippen molar-refractivity contribution in [3.8, 4) is 0 Å². The summed E-state index contributed by atoms with van der Waals surface area (Å²) in [6.45, 7) is 0.444. The molecule has 0 aromatic carbocycles. The molecule has 1 fully saturated rings. The zero-order valence-electron chi connectivity index (χ0n) is 8.73. The SMILES string of the molecule is O=S(=O)(CCCl)N(CCCO)C1CCC1. The fourth-order valence-electron chi connectivity index (χ4n) is 1.66. The van der Waals surface area contributed by atoms with Crippen molar-refractivity contribution in [1.82, 2.24) is 4.31 Å². The van der Waals surface area contributed by atoms with Gasteiger partial charge >= 0.3 is 0 Å². The fraction of sp³-hybridized carbons (Fsp3) is 1.00. The van der Waals surface area contributed by atoms with E-state index >= 15 is 0 Å². The average molecular weight is 256 g/mol. The first-order valence-corrected chi connectivity index (χ1v) is 7.42. The second kappa shape index (κ2) is 6.03. The first-order chi connectivity index (χ1) is 7.11. The maximum Gasteiger partial charge on any atom is 0.215 e. The Morgan fingerprint density at radius 2 is 2.07 bits per heavy atom. The molecule has 0 saturated heterocycles. The molecule has 0 atom stereocenters. The van der Waals surface area contributed by atoms with Gasteiger partial charge in [-0.05, 0) is 19.3 Å². The first kappa shape index (κ1) is 13.2. The molecule has 1 N–H and O–H groups in total. The fourth-order valence-corrected chi connectivity index (χ4v) is 3.75. The molecule has 1 saturated carbocycles. The Hall–Kier alpha value is 0.160. The highest BCUT2D eigenvalue weighted by Gasteiger charge is 2.32. The number of nitrogens with zero attached hydrogens (tertiary/aromatic N) is 1. The third-order valence-electron chi connectivity index (χ3n) is 2.71. The van der Waals surface area contributed by atoms with Gasteiger partial charge in [0.2, 0.25) is 10.0 Å². The van der Waals surface area contributed by atoms with Crippen molar-refractivity contribution in [3.63, 3.8) is 0 Å². The van der Waals surface area contributed by atoms with Crippen LogP contribution in [0.4, 0.5) is 0 Å². The largest absolute Gasteiger partial charge is 0.396 e. The van der Waals surface area contributed by atoms with Gasteiger partial charge in [-0.1, -0.05) is 6.42 Å². The van der Waals surface area contributed by atoms with Crippen molar-refractivity contribution in [3.05, 3.63) is 0 Å². The van der Waals surface area contributed by atoms with E-state index in [0.717, 1.165) is 19.3 Å². The van der Waals surface area contributed by atoms with Crippen molar-refractivity contribution >= 4 is 21.6 Å². The molecule has 0 aliphatic heterocycles. The van der Waals surface area contributed by atoms with Crippen molar-refractivity contribution in [2.45, 2.75) is 31.7 Å². The molecule has 0 radical (unpaired) electrons. The van der Waals surface area contributed by atoms with Crippen LogP contribution in [0.1, 0.15) is 25.7 Å². The highest BCUT2D eigenvalue weighted by Crippen LogP contribution is 2.27. The minimum Gasteiger partial charge on any atom is -0.396 e. The monoisotopic (exact) mass is 255 g/mol. The zero-order chi connectivity index (χ0) is 11.3. The van der Waals surface area contributed by atoms with Gasteiger partial charge in [-0.25, -0.2) is 8.42 Å². The Balaban J connectivity index is 2.61. The number of hydrogen-bond donors (Lipinski definition) is 1. The second-order valence-electron chi connectivity index (χ2n) is 3.78. The van der Waals surface area contributed by atoms with Crippen LogP contribution >= 0.6 is 11.6 Å². The van der Waals surface area contributed by atoms with Crippen molar-refractivity contribution < 1.29 is 13.5 Å². The smallest absolute Gasteiger partial charge is 0.215 e. The predicted octanol–water partition coefficient (Wildman–Crippen LogP) is 0.792. The lowest BCUT2D eigenvalue weighted by Gasteiger charge is -2.36. The van der Waals surface area contributed by atoms with E-state index in [-0.39, 0.29) is 24.3 Å². The number of halogens is 1. The van der Waals surface area contributed by atoms with Crippen molar-refractivity contribution in [2.75, 3.05) is 24.8 Å². The Labute approximate surface area is 96.3 Å². The standard InChI is InChI=1S/C9H18ClNO3S/c10-5-8-15(13,14)11(6-2-7-12)9-3-1-4-9/h9,12H,1-8H2. The van der Waals surface area contributed by atoms with E-state index in [9.17, 15) is 8.42 Å². The van der Waals surface area contributed by atoms with E-state index in [4.69, 9.17) is 16.7 Å². The van der Waals surface area contributed by atoms with Crippen LogP contribution in [-0.4, -0.2) is 48.7 Å². The predicted molar refractivity (Wildman–Crippen MR) is 60.6 cm³/mol. The number of hydrogen-bond acceptors (Lipinski definition) is 3. The molecule has 0 bridgehead atoms. The number of aliphatic hydroxyl groups is 1. The molecule has 1 aliphatic carbocycles. The van der Waals surface area contributed by atoms with E-state index in [1.807, 2.05) is 0 Å². The van der Waals surface area contributed by atoms with Gasteiger partial charge < -0.3 is 5.11 Å². The molecule has 4 nitrogen and oxygen atoms in total. The van der Waals surface area contributed by atoms with E-state index in [1.165, 1.54) is 4.31 Å². The van der Waals surface area contributed by atoms with Gasteiger partial charge in [-0.3, -0.25) is 0 Å². The lowest BCUT2D eigenvalue weighted by Crippen LogP contribution is -2.46. The van der Waals surface area contributed by atoms with Gasteiger partial charge in [0, 0.05) is 25.1 Å². The molecule has 0 spiro atoms. The van der Waals surface area contributed by atoms with Crippen molar-refractivity contribution in [1.29, 1.82) is 0 Å². The van der Waals surface area contributed by atoms with Crippen molar-refractivity contribution in [2.24, 2.45) is 0 Å². The van der Waals surface area contributed by atoms with E-state index in [2.05, 4.69) is 0 Å². The summed E-state index contributed by atoms with van der Waals surface area (Å²) < 4.78 is 25.2. The number of sulfonamides is 1. The summed E-state index contributed by atoms with van der Waals surface area (Å²) >= 11 is 5.47. The highest BCUT2D eigenvalue weighted by molar-refractivity contribution is 7.89. The summed E-state index contributed by atoms with van der Waals surface area (Å²) in [5, 5.41) is 8.74. The summed E-state index contributed by atoms with van der Waals surface area (Å²) in [5.41, 5.74) is 0. The Bertz CT molecular complexity index is 277. The Kier molecular flexibility index (Phi) is 5.32. The lowest BCUT2D eigenvalue weighted by atomic mass is 9.93. The molecule has 0 aromatic heterocycles. The van der Waals surface area contributed by atoms with Crippen LogP contribution in [0, 0.1) is 0 Å². The van der Waals surface area contributed by atoms with Crippen LogP contribution in [0.25, 0.3) is 0 Å². The molecule has 0 heterocycles. The number of alkyl halides is 1. The molecular weight excluding hydrogens is 238 g/mol. The Morgan fingerprint density at radius 1 is 1.40 bits per heavy atom. The molecule has 0 amide bonds. The molecule has 1 rings (SSSR count). The van der Waals surface area contributed by atoms with Gasteiger partial charge in [0.15, 0.2) is 0 Å². The highest BCUT2D eigenvalue weighted by atomic mass is 35.5. The summed E-state index contributed by atoms with van der Waals surface area (Å²) in [7, 11) is -3.21. The third kappa shape index (κ3) is 3.59. The first-order valence-electron chi connectivity index (χ1n) is 5.28. The van der Waals surface area contributed by atoms with Crippen LogP contribution in [0.2, 0.25) is 0 Å². The summed E-state index contributed by atoms with van der Waals surface area (Å²) in [4.78, 5) is 0. The minimum atomic E-state index is -3.21. The Morgan fingerprint density at radius 3 is 2.47 bits per heavy atom. The number of aliphatic hydroxyl groups excluding tert-OH is 1. The van der Waals surface area contributed by atoms with E-state index < -0.39 is 10.0 Å². The molecular formula is C9H18ClNO3S. The topological polar surface area (TPSA) is 57.6 Å². The van der Waals surface area contributed by atoms with Crippen LogP contribution in [0.15, 0.2) is 0 Å². The lowest BCUT2D eigenvalue weighted by molar-refractivity contribution is 0.199. The maximum atomic E-state index is 11.8. The number of rotatable bonds is 7. The van der Waals surface area contributed by atoms with Gasteiger partial charge in [-0.2, -0.15) is 4.31 Å². The summed E-state index contributed by atoms with van der Waals surface area (Å²) in [6.07, 6.45) is 3.47. The van der Waals surface area contributed by atoms with Gasteiger partial charge in [0.25, 0.3) is 0 Å². The minimum absolute atomic E-state index is 0.00349. The molecule has 6 heteroatoms. The van der Waals surface area contributed by atoms with Gasteiger partial charge in [-0.15, -0.1) is 11.6 Å². The molecule has 0 aromatic rings. The summed E-state index contributed by atoms with van der Waals surface area (Å²) in [5.74, 6) is 0.126. The maximum absolute atomic E-state index is 11.8. The van der Waals surface area contributed by atoms with E-state index in [1.54, 1.807) is 0 Å². The quantitative estimate of drug-likeness (QED) is 0.685. The van der Waals surface area contributed by atoms with E-state index in [0.29, 0.717) is 13.0 Å². The average Bonchev–Trinajstić information content (AvgIpc) is 2.08. The van der Waals surface area contributed by atoms with Crippen LogP contribution in [-0.2, 0) is 10.0 Å². The molecule has 90 valence electrons.